The van der Waals surface area contributed by atoms with Gasteiger partial charge in [0.2, 0.25) is 5.24 Å². The summed E-state index contributed by atoms with van der Waals surface area (Å²) in [5, 5.41) is 94.9. The molecule has 2 aliphatic heterocycles. The quantitative estimate of drug-likeness (QED) is 0.00577. The molecule has 10 aromatic rings. The third kappa shape index (κ3) is 21.8. The van der Waals surface area contributed by atoms with E-state index in [-0.39, 0.29) is 130 Å². The van der Waals surface area contributed by atoms with Gasteiger partial charge in [-0.25, -0.2) is 0 Å². The number of fused-ring (bicyclic) bond motifs is 6. The first kappa shape index (κ1) is 98.8. The van der Waals surface area contributed by atoms with E-state index in [1.165, 1.54) is 30.3 Å². The van der Waals surface area contributed by atoms with Crippen LogP contribution in [0.2, 0.25) is 0 Å². The summed E-state index contributed by atoms with van der Waals surface area (Å²) in [6.07, 6.45) is -4.82. The van der Waals surface area contributed by atoms with Crippen molar-refractivity contribution >= 4 is 106 Å². The van der Waals surface area contributed by atoms with E-state index in [1.54, 1.807) is 43.3 Å². The Labute approximate surface area is 716 Å². The van der Waals surface area contributed by atoms with Gasteiger partial charge in [0.05, 0.1) is 75.8 Å². The number of ketones is 1. The minimum absolute atomic E-state index is 0. The third-order valence-electron chi connectivity index (χ3n) is 19.7. The van der Waals surface area contributed by atoms with Gasteiger partial charge in [-0.1, -0.05) is 131 Å². The maximum absolute atomic E-state index is 13.5. The van der Waals surface area contributed by atoms with Crippen molar-refractivity contribution in [2.45, 2.75) is 194 Å². The molecule has 0 radical (unpaired) electrons. The van der Waals surface area contributed by atoms with Gasteiger partial charge in [-0.3, -0.25) is 19.7 Å². The summed E-state index contributed by atoms with van der Waals surface area (Å²) in [5.41, 5.74) is 21.6. The molecule has 2 fully saturated rings. The van der Waals surface area contributed by atoms with Crippen molar-refractivity contribution in [3.8, 4) is 47.3 Å². The second-order valence-corrected chi connectivity index (χ2v) is 33.3. The van der Waals surface area contributed by atoms with Gasteiger partial charge in [-0.15, -0.1) is 17.6 Å². The number of ether oxygens (including phenoxy) is 4. The van der Waals surface area contributed by atoms with E-state index in [4.69, 9.17) is 38.5 Å². The van der Waals surface area contributed by atoms with E-state index in [1.807, 2.05) is 78.4 Å². The van der Waals surface area contributed by atoms with Crippen molar-refractivity contribution in [1.82, 2.24) is 18.7 Å². The number of hydrogen-bond donors (Lipinski definition) is 8. The fraction of sp³-hybridized carbons (Fsp3) is 0.414. The molecule has 0 atom stereocenters. The summed E-state index contributed by atoms with van der Waals surface area (Å²) >= 11 is 7.62. The Morgan fingerprint density at radius 1 is 0.542 bits per heavy atom. The maximum atomic E-state index is 13.5. The normalized spacial score (nSPS) is 14.3. The third-order valence-corrected chi connectivity index (χ3v) is 20.5. The van der Waals surface area contributed by atoms with Crippen molar-refractivity contribution in [3.63, 3.8) is 0 Å². The number of nitriles is 4. The predicted octanol–water partition coefficient (Wildman–Crippen LogP) is 17.3. The van der Waals surface area contributed by atoms with Crippen LogP contribution in [0.5, 0.6) is 23.0 Å². The number of rotatable bonds is 14. The minimum atomic E-state index is -3.71. The van der Waals surface area contributed by atoms with Crippen molar-refractivity contribution < 1.29 is 97.0 Å². The van der Waals surface area contributed by atoms with Crippen molar-refractivity contribution in [1.29, 1.82) is 21.0 Å². The van der Waals surface area contributed by atoms with Gasteiger partial charge in [0.25, 0.3) is 5.69 Å². The number of nitrogens with one attached hydrogen (secondary N) is 1. The number of halogens is 6. The summed E-state index contributed by atoms with van der Waals surface area (Å²) in [6, 6.07) is 39.2. The fourth-order valence-electron chi connectivity index (χ4n) is 13.8. The number of nitrogens with zero attached hydrogens (tertiary/aromatic N) is 8. The molecule has 0 spiro atoms. The van der Waals surface area contributed by atoms with E-state index in [0.29, 0.717) is 102 Å². The monoisotopic (exact) mass is 1850 g/mol. The van der Waals surface area contributed by atoms with E-state index in [9.17, 15) is 68.4 Å². The molecule has 14 rings (SSSR count). The molecule has 2 saturated carbocycles. The van der Waals surface area contributed by atoms with Crippen LogP contribution in [0.4, 0.5) is 34.6 Å². The number of anilines is 2. The Kier molecular flexibility index (Phi) is 33.0. The molecule has 31 heteroatoms. The van der Waals surface area contributed by atoms with Gasteiger partial charge in [-0.05, 0) is 146 Å². The largest absolute Gasteiger partial charge is 0.586 e. The number of hydrogen-bond acceptors (Lipinski definition) is 19. The van der Waals surface area contributed by atoms with Crippen molar-refractivity contribution in [2.24, 2.45) is 0 Å². The molecule has 6 heterocycles. The van der Waals surface area contributed by atoms with Gasteiger partial charge < -0.3 is 82.1 Å². The van der Waals surface area contributed by atoms with Gasteiger partial charge in [-0.2, -0.15) is 21.0 Å². The Bertz CT molecular complexity index is 5480. The Balaban J connectivity index is 0.000000264. The summed E-state index contributed by atoms with van der Waals surface area (Å²) in [6.45, 7) is 28.6. The van der Waals surface area contributed by atoms with Crippen LogP contribution in [0, 0.1) is 62.9 Å². The molecule has 10 N–H and O–H groups in total. The summed E-state index contributed by atoms with van der Waals surface area (Å²) in [5.74, 6) is -0.287. The number of nitrogen functional groups attached to an aromatic ring is 2. The van der Waals surface area contributed by atoms with Crippen LogP contribution >= 0.6 is 34.2 Å². The molecule has 2 aliphatic carbocycles. The number of aliphatic hydroxyl groups is 5. The smallest absolute Gasteiger partial charge is 0.398 e. The number of nitrogens with two attached hydrogens (primary N) is 2. The number of carbonyl (C=O) groups is 2. The molecule has 0 saturated heterocycles. The van der Waals surface area contributed by atoms with E-state index in [2.05, 4.69) is 132 Å². The fourth-order valence-corrected chi connectivity index (χ4v) is 14.1. The number of benzene rings is 6. The zero-order valence-electron chi connectivity index (χ0n) is 67.6. The van der Waals surface area contributed by atoms with Crippen LogP contribution in [0.15, 0.2) is 109 Å². The molecule has 636 valence electrons. The molecule has 0 amide bonds. The second-order valence-electron chi connectivity index (χ2n) is 31.9. The first-order chi connectivity index (χ1) is 53.9. The van der Waals surface area contributed by atoms with Crippen LogP contribution < -0.4 is 30.4 Å². The van der Waals surface area contributed by atoms with Crippen LogP contribution in [0.25, 0.3) is 43.6 Å². The number of Topliss-reactive ketones (excluding diaryl/α,β-unsaturated/α-hetero) is 1. The van der Waals surface area contributed by atoms with Gasteiger partial charge in [0, 0.05) is 146 Å². The molecule has 0 unspecified atom stereocenters. The second kappa shape index (κ2) is 39.4. The van der Waals surface area contributed by atoms with Crippen LogP contribution in [-0.2, 0) is 88.6 Å². The number of aromatic amines is 1. The summed E-state index contributed by atoms with van der Waals surface area (Å²) < 4.78 is 77.0. The molecule has 4 aliphatic rings. The van der Waals surface area contributed by atoms with Crippen LogP contribution in [0.3, 0.4) is 0 Å². The first-order valence-electron chi connectivity index (χ1n) is 36.9. The molecule has 118 heavy (non-hydrogen) atoms. The zero-order valence-corrected chi connectivity index (χ0v) is 72.1. The Hall–Kier alpha value is -9.82. The Morgan fingerprint density at radius 3 is 1.25 bits per heavy atom. The average Bonchev–Trinajstić information content (AvgIpc) is 1.59. The van der Waals surface area contributed by atoms with E-state index < -0.39 is 33.6 Å². The molecule has 0 bridgehead atoms. The predicted molar refractivity (Wildman–Crippen MR) is 453 cm³/mol. The minimum Gasteiger partial charge on any atom is -0.398 e. The van der Waals surface area contributed by atoms with Crippen molar-refractivity contribution in [3.05, 3.63) is 188 Å². The Morgan fingerprint density at radius 2 is 0.898 bits per heavy atom. The standard InChI is InChI=1S/C27H26F2N2O4.C15H17N3O3.C15H19N3O.C13H15N3.C11H7ClF2O3.C2H5IO.C2H6O.CH4.CH3.Pd/c1-25(2,3)23-14-18-19(15-30)16(4-6-20(18)31(23)10-11-32)12-24(33)26(8-9-26)17-5-7-21-22(13-17)35-27(28,29)34-21;1-15(2,3)14-8-10-11(9-16)13(18(20)21)5-4-12(10)17(14)6-7-19;1-15(2,3)14-8-10-11(9-16)12(17)4-5-13(10)18(14)6-7-19;1-13(2,3)12-6-8-9(7-14)10(15)4-5-11(8)16-12;12-9(15)10(3-4-10)6-1-2-7-8(5-6)17-11(13,14)16-7;3-1-2-4;1-2-3;;;/h4-7,13-14,32H,8-12H2,1-3H3;4-5,8,19H,6-7H2,1-3H3;4-5,8,19H,6-7,17H2,1-3H3;4-6,16H,15H2,1-3H3;1-2,5H,3-4H2;4H,1-2H2;3H,2H2,1H3;1H4;1H3;/q;;;;;;;;-1;. The number of alkyl halides is 5. The molecular weight excluding hydrogens is 1750 g/mol. The maximum Gasteiger partial charge on any atom is 0.586 e. The molecule has 24 nitrogen and oxygen atoms in total. The first-order valence-corrected chi connectivity index (χ1v) is 38.8. The number of nitro groups is 1. The average molecular weight is 1850 g/mol. The summed E-state index contributed by atoms with van der Waals surface area (Å²) in [4.78, 5) is 38.6. The molecule has 4 aromatic heterocycles. The molecular formula is C87H102ClF4IN11O13Pd-. The van der Waals surface area contributed by atoms with Gasteiger partial charge >= 0.3 is 12.6 Å². The van der Waals surface area contributed by atoms with Gasteiger partial charge in [0.1, 0.15) is 35.6 Å². The van der Waals surface area contributed by atoms with Crippen molar-refractivity contribution in [2.75, 3.05) is 48.9 Å². The van der Waals surface area contributed by atoms with Crippen LogP contribution in [0.1, 0.15) is 185 Å². The van der Waals surface area contributed by atoms with Gasteiger partial charge in [0.15, 0.2) is 23.0 Å². The number of carbonyl (C=O) groups excluding carboxylic acids is 2. The molecule has 6 aromatic carbocycles. The van der Waals surface area contributed by atoms with E-state index >= 15 is 0 Å². The van der Waals surface area contributed by atoms with Crippen LogP contribution in [-0.4, -0.2) is 110 Å². The number of H-pyrrole nitrogens is 1. The zero-order chi connectivity index (χ0) is 85.5. The summed E-state index contributed by atoms with van der Waals surface area (Å²) in [7, 11) is 0. The van der Waals surface area contributed by atoms with E-state index in [0.717, 1.165) is 65.4 Å². The SMILES string of the molecule is C.CC(C)(C)c1cc2c(C#N)c(CC(=O)C3(c4ccc5c(c4)OC(F)(F)O5)CC3)ccc2n1CCO.CC(C)(C)c1cc2c(C#N)c(N)ccc2[nH]1.CC(C)(C)c1cc2c(C#N)c(N)ccc2n1CCO.CC(C)(C)c1cc2c(C#N)c([N+](=O)[O-])ccc2n1CCO.CCO.O=C(Cl)C1(c2ccc3c(c2)OC(F)(F)O3)CC1.OCCI.[CH3-].[Pd]. The topological polar surface area (TPSA) is 393 Å². The number of aromatic nitrogens is 4. The number of aliphatic hydroxyl groups excluding tert-OH is 5. The number of nitro benzene ring substituents is 1.